The first-order chi connectivity index (χ1) is 16.1. The number of benzene rings is 2. The van der Waals surface area contributed by atoms with E-state index in [1.54, 1.807) is 0 Å². The number of rotatable bonds is 5. The minimum atomic E-state index is -0.970. The Hall–Kier alpha value is -2.92. The zero-order chi connectivity index (χ0) is 22.8. The summed E-state index contributed by atoms with van der Waals surface area (Å²) in [5, 5.41) is 15.9. The fraction of sp³-hybridized carbons (Fsp3) is 0.462. The standard InChI is InChI=1S/C26H30N4O3/c27-14-21(30-25(31)26(28)6-9-32-10-7-26)11-17-1-4-22-23-13-18(19-5-8-29-15-19)2-3-20(23)16-33-24(22)12-17/h1-4,12-13,19,21,29H,5-11,15-16,28H2,(H,30,31)/t19?,21-/m1/s1. The van der Waals surface area contributed by atoms with E-state index in [1.807, 2.05) is 12.1 Å². The van der Waals surface area contributed by atoms with Crippen LogP contribution in [-0.2, 0) is 22.6 Å². The van der Waals surface area contributed by atoms with Crippen molar-refractivity contribution in [1.82, 2.24) is 10.6 Å². The Morgan fingerprint density at radius 2 is 2.09 bits per heavy atom. The van der Waals surface area contributed by atoms with Gasteiger partial charge in [-0.1, -0.05) is 30.3 Å². The van der Waals surface area contributed by atoms with E-state index < -0.39 is 11.6 Å². The highest BCUT2D eigenvalue weighted by atomic mass is 16.5. The molecule has 0 aromatic heterocycles. The minimum Gasteiger partial charge on any atom is -0.488 e. The molecule has 4 N–H and O–H groups in total. The van der Waals surface area contributed by atoms with Crippen LogP contribution in [0.2, 0.25) is 0 Å². The van der Waals surface area contributed by atoms with Crippen LogP contribution < -0.4 is 21.1 Å². The zero-order valence-corrected chi connectivity index (χ0v) is 18.7. The van der Waals surface area contributed by atoms with Gasteiger partial charge in [-0.3, -0.25) is 4.79 Å². The molecule has 0 bridgehead atoms. The first-order valence-electron chi connectivity index (χ1n) is 11.7. The van der Waals surface area contributed by atoms with Gasteiger partial charge >= 0.3 is 0 Å². The van der Waals surface area contributed by atoms with Gasteiger partial charge < -0.3 is 25.8 Å². The second-order valence-electron chi connectivity index (χ2n) is 9.35. The van der Waals surface area contributed by atoms with Crippen molar-refractivity contribution in [3.63, 3.8) is 0 Å². The highest BCUT2D eigenvalue weighted by molar-refractivity contribution is 5.86. The molecule has 0 spiro atoms. The molecule has 0 radical (unpaired) electrons. The number of carbonyl (C=O) groups excluding carboxylic acids is 1. The maximum atomic E-state index is 12.7. The third-order valence-electron chi connectivity index (χ3n) is 7.12. The molecule has 2 atom stereocenters. The van der Waals surface area contributed by atoms with Gasteiger partial charge in [0.1, 0.15) is 18.4 Å². The lowest BCUT2D eigenvalue weighted by Crippen LogP contribution is -2.58. The summed E-state index contributed by atoms with van der Waals surface area (Å²) in [7, 11) is 0. The molecule has 2 fully saturated rings. The van der Waals surface area contributed by atoms with Crippen LogP contribution in [0.25, 0.3) is 11.1 Å². The molecule has 3 aliphatic heterocycles. The van der Waals surface area contributed by atoms with Crippen molar-refractivity contribution >= 4 is 5.91 Å². The van der Waals surface area contributed by atoms with E-state index in [4.69, 9.17) is 15.2 Å². The summed E-state index contributed by atoms with van der Waals surface area (Å²) in [6.45, 7) is 3.55. The maximum Gasteiger partial charge on any atom is 0.241 e. The SMILES string of the molecule is N#C[C@@H](Cc1ccc2c(c1)OCc1ccc(C3CCNC3)cc1-2)NC(=O)C1(N)CCOCC1. The van der Waals surface area contributed by atoms with Gasteiger partial charge in [0.05, 0.1) is 11.6 Å². The molecule has 7 heteroatoms. The fourth-order valence-electron chi connectivity index (χ4n) is 4.98. The van der Waals surface area contributed by atoms with E-state index in [0.29, 0.717) is 45.0 Å². The number of nitriles is 1. The third-order valence-corrected chi connectivity index (χ3v) is 7.12. The molecule has 172 valence electrons. The molecule has 33 heavy (non-hydrogen) atoms. The van der Waals surface area contributed by atoms with Crippen molar-refractivity contribution in [2.45, 2.75) is 49.8 Å². The van der Waals surface area contributed by atoms with Crippen LogP contribution in [0.15, 0.2) is 36.4 Å². The first-order valence-corrected chi connectivity index (χ1v) is 11.7. The molecule has 3 heterocycles. The van der Waals surface area contributed by atoms with E-state index in [0.717, 1.165) is 30.0 Å². The second-order valence-corrected chi connectivity index (χ2v) is 9.35. The van der Waals surface area contributed by atoms with Gasteiger partial charge in [0.2, 0.25) is 5.91 Å². The molecular weight excluding hydrogens is 416 g/mol. The van der Waals surface area contributed by atoms with Crippen molar-refractivity contribution < 1.29 is 14.3 Å². The minimum absolute atomic E-state index is 0.283. The van der Waals surface area contributed by atoms with Crippen LogP contribution in [0.3, 0.4) is 0 Å². The summed E-state index contributed by atoms with van der Waals surface area (Å²) in [6, 6.07) is 14.3. The van der Waals surface area contributed by atoms with Crippen molar-refractivity contribution in [2.75, 3.05) is 26.3 Å². The lowest BCUT2D eigenvalue weighted by Gasteiger charge is -2.32. The number of carbonyl (C=O) groups is 1. The van der Waals surface area contributed by atoms with Gasteiger partial charge in [0.15, 0.2) is 0 Å². The quantitative estimate of drug-likeness (QED) is 0.651. The van der Waals surface area contributed by atoms with Crippen molar-refractivity contribution in [3.8, 4) is 22.9 Å². The zero-order valence-electron chi connectivity index (χ0n) is 18.7. The fourth-order valence-corrected chi connectivity index (χ4v) is 4.98. The average molecular weight is 447 g/mol. The summed E-state index contributed by atoms with van der Waals surface area (Å²) < 4.78 is 11.4. The van der Waals surface area contributed by atoms with Crippen LogP contribution in [0.5, 0.6) is 5.75 Å². The van der Waals surface area contributed by atoms with Gasteiger partial charge in [-0.15, -0.1) is 0 Å². The largest absolute Gasteiger partial charge is 0.488 e. The van der Waals surface area contributed by atoms with Gasteiger partial charge in [-0.25, -0.2) is 0 Å². The van der Waals surface area contributed by atoms with E-state index in [9.17, 15) is 10.1 Å². The number of nitrogens with one attached hydrogen (secondary N) is 2. The molecule has 1 amide bonds. The van der Waals surface area contributed by atoms with Gasteiger partial charge in [-0.2, -0.15) is 5.26 Å². The molecule has 2 aromatic rings. The lowest BCUT2D eigenvalue weighted by molar-refractivity contribution is -0.130. The van der Waals surface area contributed by atoms with Crippen LogP contribution in [0.1, 0.15) is 41.9 Å². The first kappa shape index (κ1) is 21.9. The summed E-state index contributed by atoms with van der Waals surface area (Å²) in [5.74, 6) is 1.10. The number of nitrogens with two attached hydrogens (primary N) is 1. The van der Waals surface area contributed by atoms with Crippen molar-refractivity contribution in [1.29, 1.82) is 5.26 Å². The lowest BCUT2D eigenvalue weighted by atomic mass is 9.89. The molecule has 0 saturated carbocycles. The van der Waals surface area contributed by atoms with Gasteiger partial charge in [0, 0.05) is 31.7 Å². The Balaban J connectivity index is 1.32. The topological polar surface area (TPSA) is 109 Å². The van der Waals surface area contributed by atoms with Crippen LogP contribution in [-0.4, -0.2) is 43.8 Å². The molecule has 0 aliphatic carbocycles. The van der Waals surface area contributed by atoms with Gasteiger partial charge in [-0.05, 0) is 60.0 Å². The van der Waals surface area contributed by atoms with Gasteiger partial charge in [0.25, 0.3) is 0 Å². The summed E-state index contributed by atoms with van der Waals surface area (Å²) in [4.78, 5) is 12.7. The van der Waals surface area contributed by atoms with E-state index in [1.165, 1.54) is 23.1 Å². The Bertz CT molecular complexity index is 1080. The number of amides is 1. The van der Waals surface area contributed by atoms with Crippen molar-refractivity contribution in [3.05, 3.63) is 53.1 Å². The summed E-state index contributed by atoms with van der Waals surface area (Å²) >= 11 is 0. The predicted octanol–water partition coefficient (Wildman–Crippen LogP) is 2.38. The maximum absolute atomic E-state index is 12.7. The van der Waals surface area contributed by atoms with E-state index in [-0.39, 0.29) is 5.91 Å². The Morgan fingerprint density at radius 1 is 1.24 bits per heavy atom. The smallest absolute Gasteiger partial charge is 0.241 e. The second kappa shape index (κ2) is 9.14. The highest BCUT2D eigenvalue weighted by Gasteiger charge is 2.37. The highest BCUT2D eigenvalue weighted by Crippen LogP contribution is 2.40. The van der Waals surface area contributed by atoms with Crippen molar-refractivity contribution in [2.24, 2.45) is 5.73 Å². The molecule has 1 unspecified atom stereocenters. The number of nitrogens with zero attached hydrogens (tertiary/aromatic N) is 1. The molecule has 2 aromatic carbocycles. The monoisotopic (exact) mass is 446 g/mol. The van der Waals surface area contributed by atoms with Crippen LogP contribution >= 0.6 is 0 Å². The number of ether oxygens (including phenoxy) is 2. The third kappa shape index (κ3) is 4.47. The van der Waals surface area contributed by atoms with E-state index in [2.05, 4.69) is 41.0 Å². The average Bonchev–Trinajstić information content (AvgIpc) is 3.38. The van der Waals surface area contributed by atoms with Crippen LogP contribution in [0.4, 0.5) is 0 Å². The molecule has 2 saturated heterocycles. The number of hydrogen-bond donors (Lipinski definition) is 3. The normalized spacial score (nSPS) is 21.8. The Kier molecular flexibility index (Phi) is 6.07. The van der Waals surface area contributed by atoms with E-state index >= 15 is 0 Å². The summed E-state index contributed by atoms with van der Waals surface area (Å²) in [6.07, 6.45) is 2.48. The number of hydrogen-bond acceptors (Lipinski definition) is 6. The molecule has 3 aliphatic rings. The molecule has 7 nitrogen and oxygen atoms in total. The Labute approximate surface area is 194 Å². The summed E-state index contributed by atoms with van der Waals surface area (Å²) in [5.41, 5.74) is 11.1. The van der Waals surface area contributed by atoms with Crippen LogP contribution in [0, 0.1) is 11.3 Å². The molecular formula is C26H30N4O3. The predicted molar refractivity (Wildman–Crippen MR) is 125 cm³/mol. The molecule has 5 rings (SSSR count). The Morgan fingerprint density at radius 3 is 2.85 bits per heavy atom. The number of fused-ring (bicyclic) bond motifs is 3.